The fraction of sp³-hybridized carbons (Fsp3) is 0.333. The molecule has 0 saturated heterocycles. The average molecular weight is 170 g/mol. The minimum absolute atomic E-state index is 0.799. The van der Waals surface area contributed by atoms with Crippen LogP contribution in [0.3, 0.4) is 0 Å². The van der Waals surface area contributed by atoms with E-state index in [1.165, 1.54) is 5.56 Å². The molecule has 1 aromatic carbocycles. The van der Waals surface area contributed by atoms with Crippen LogP contribution in [0.5, 0.6) is 0 Å². The molecular formula is C9H14OS. The summed E-state index contributed by atoms with van der Waals surface area (Å²) in [7, 11) is -1.38. The highest BCUT2D eigenvalue weighted by molar-refractivity contribution is 8.27. The SMILES string of the molecule is CS(C)(O)Cc1ccccc1. The van der Waals surface area contributed by atoms with Crippen molar-refractivity contribution in [2.75, 3.05) is 12.5 Å². The van der Waals surface area contributed by atoms with Gasteiger partial charge in [-0.2, -0.15) is 0 Å². The minimum atomic E-state index is -1.38. The van der Waals surface area contributed by atoms with E-state index in [1.54, 1.807) is 0 Å². The van der Waals surface area contributed by atoms with Gasteiger partial charge in [0, 0.05) is 5.75 Å². The zero-order valence-corrected chi connectivity index (χ0v) is 7.77. The Morgan fingerprint density at radius 2 is 1.73 bits per heavy atom. The zero-order valence-electron chi connectivity index (χ0n) is 6.95. The van der Waals surface area contributed by atoms with E-state index >= 15 is 0 Å². The Kier molecular flexibility index (Phi) is 2.58. The van der Waals surface area contributed by atoms with E-state index in [2.05, 4.69) is 0 Å². The van der Waals surface area contributed by atoms with Gasteiger partial charge in [-0.15, -0.1) is 10.3 Å². The van der Waals surface area contributed by atoms with Crippen molar-refractivity contribution in [2.24, 2.45) is 0 Å². The number of hydrogen-bond donors (Lipinski definition) is 1. The third kappa shape index (κ3) is 3.44. The van der Waals surface area contributed by atoms with Crippen molar-refractivity contribution < 1.29 is 4.55 Å². The second kappa shape index (κ2) is 3.28. The summed E-state index contributed by atoms with van der Waals surface area (Å²) in [6.45, 7) is 0. The molecule has 0 amide bonds. The van der Waals surface area contributed by atoms with E-state index in [4.69, 9.17) is 0 Å². The van der Waals surface area contributed by atoms with Crippen LogP contribution in [-0.4, -0.2) is 17.1 Å². The van der Waals surface area contributed by atoms with Crippen molar-refractivity contribution in [3.63, 3.8) is 0 Å². The second-order valence-electron chi connectivity index (χ2n) is 3.11. The van der Waals surface area contributed by atoms with Gasteiger partial charge in [0.1, 0.15) is 0 Å². The molecule has 0 aliphatic carbocycles. The molecule has 1 rings (SSSR count). The van der Waals surface area contributed by atoms with E-state index < -0.39 is 10.3 Å². The lowest BCUT2D eigenvalue weighted by molar-refractivity contribution is 0.636. The molecule has 11 heavy (non-hydrogen) atoms. The summed E-state index contributed by atoms with van der Waals surface area (Å²) in [4.78, 5) is 0. The van der Waals surface area contributed by atoms with Gasteiger partial charge in [0.15, 0.2) is 0 Å². The summed E-state index contributed by atoms with van der Waals surface area (Å²) >= 11 is 0. The maximum Gasteiger partial charge on any atom is 0.0234 e. The second-order valence-corrected chi connectivity index (χ2v) is 6.36. The third-order valence-electron chi connectivity index (χ3n) is 1.36. The van der Waals surface area contributed by atoms with Crippen LogP contribution in [0.25, 0.3) is 0 Å². The van der Waals surface area contributed by atoms with Crippen molar-refractivity contribution in [3.8, 4) is 0 Å². The molecule has 2 heteroatoms. The first kappa shape index (κ1) is 8.62. The number of hydrogen-bond acceptors (Lipinski definition) is 1. The smallest absolute Gasteiger partial charge is 0.0234 e. The lowest BCUT2D eigenvalue weighted by Crippen LogP contribution is -1.96. The van der Waals surface area contributed by atoms with Crippen molar-refractivity contribution in [2.45, 2.75) is 5.75 Å². The standard InChI is InChI=1S/C9H14OS/c1-11(2,10)8-9-6-4-3-5-7-9/h3-7,10H,8H2,1-2H3. The molecular weight excluding hydrogens is 156 g/mol. The van der Waals surface area contributed by atoms with E-state index in [0.717, 1.165) is 5.75 Å². The maximum absolute atomic E-state index is 9.55. The molecule has 0 radical (unpaired) electrons. The topological polar surface area (TPSA) is 20.2 Å². The Morgan fingerprint density at radius 3 is 2.18 bits per heavy atom. The van der Waals surface area contributed by atoms with Crippen LogP contribution >= 0.6 is 10.3 Å². The van der Waals surface area contributed by atoms with Gasteiger partial charge < -0.3 is 4.55 Å². The Balaban J connectivity index is 2.66. The zero-order chi connectivity index (χ0) is 8.32. The van der Waals surface area contributed by atoms with Gasteiger partial charge in [0.25, 0.3) is 0 Å². The Labute approximate surface area is 69.6 Å². The van der Waals surface area contributed by atoms with E-state index in [-0.39, 0.29) is 0 Å². The van der Waals surface area contributed by atoms with E-state index in [0.29, 0.717) is 0 Å². The molecule has 0 aliphatic rings. The first-order chi connectivity index (χ1) is 5.08. The van der Waals surface area contributed by atoms with Crippen LogP contribution in [0.1, 0.15) is 5.56 Å². The minimum Gasteiger partial charge on any atom is -0.352 e. The normalized spacial score (nSPS) is 13.0. The first-order valence-corrected chi connectivity index (χ1v) is 6.13. The Hall–Kier alpha value is -0.470. The monoisotopic (exact) mass is 170 g/mol. The first-order valence-electron chi connectivity index (χ1n) is 3.55. The van der Waals surface area contributed by atoms with Gasteiger partial charge in [-0.05, 0) is 18.1 Å². The summed E-state index contributed by atoms with van der Waals surface area (Å²) in [6, 6.07) is 10.1. The van der Waals surface area contributed by atoms with Gasteiger partial charge in [-0.25, -0.2) is 0 Å². The average Bonchev–Trinajstić information content (AvgIpc) is 1.85. The quantitative estimate of drug-likeness (QED) is 0.723. The van der Waals surface area contributed by atoms with Crippen LogP contribution in [0.15, 0.2) is 30.3 Å². The molecule has 1 nitrogen and oxygen atoms in total. The van der Waals surface area contributed by atoms with E-state index in [1.807, 2.05) is 42.8 Å². The van der Waals surface area contributed by atoms with Gasteiger partial charge in [0.05, 0.1) is 0 Å². The summed E-state index contributed by atoms with van der Waals surface area (Å²) in [5.41, 5.74) is 1.22. The summed E-state index contributed by atoms with van der Waals surface area (Å²) in [6.07, 6.45) is 3.81. The molecule has 1 N–H and O–H groups in total. The maximum atomic E-state index is 9.55. The van der Waals surface area contributed by atoms with Crippen LogP contribution in [0.4, 0.5) is 0 Å². The highest BCUT2D eigenvalue weighted by Gasteiger charge is 2.05. The molecule has 0 saturated carbocycles. The molecule has 0 spiro atoms. The van der Waals surface area contributed by atoms with E-state index in [9.17, 15) is 4.55 Å². The highest BCUT2D eigenvalue weighted by atomic mass is 32.3. The number of benzene rings is 1. The molecule has 0 fully saturated rings. The summed E-state index contributed by atoms with van der Waals surface area (Å²) < 4.78 is 9.55. The summed E-state index contributed by atoms with van der Waals surface area (Å²) in [5.74, 6) is 0.799. The molecule has 1 aromatic rings. The van der Waals surface area contributed by atoms with Crippen molar-refractivity contribution in [1.82, 2.24) is 0 Å². The fourth-order valence-corrected chi connectivity index (χ4v) is 1.99. The molecule has 0 aliphatic heterocycles. The van der Waals surface area contributed by atoms with Gasteiger partial charge in [-0.1, -0.05) is 30.3 Å². The third-order valence-corrected chi connectivity index (χ3v) is 2.40. The van der Waals surface area contributed by atoms with Crippen LogP contribution in [-0.2, 0) is 5.75 Å². The van der Waals surface area contributed by atoms with Crippen molar-refractivity contribution in [1.29, 1.82) is 0 Å². The lowest BCUT2D eigenvalue weighted by atomic mass is 10.2. The molecule has 0 atom stereocenters. The van der Waals surface area contributed by atoms with Crippen LogP contribution in [0.2, 0.25) is 0 Å². The predicted molar refractivity (Wildman–Crippen MR) is 52.2 cm³/mol. The highest BCUT2D eigenvalue weighted by Crippen LogP contribution is 2.37. The largest absolute Gasteiger partial charge is 0.352 e. The molecule has 0 heterocycles. The fourth-order valence-electron chi connectivity index (χ4n) is 0.982. The van der Waals surface area contributed by atoms with Gasteiger partial charge in [0.2, 0.25) is 0 Å². The van der Waals surface area contributed by atoms with Crippen LogP contribution in [0, 0.1) is 0 Å². The molecule has 62 valence electrons. The predicted octanol–water partition coefficient (Wildman–Crippen LogP) is 2.72. The lowest BCUT2D eigenvalue weighted by Gasteiger charge is -2.22. The van der Waals surface area contributed by atoms with Crippen LogP contribution < -0.4 is 0 Å². The summed E-state index contributed by atoms with van der Waals surface area (Å²) in [5, 5.41) is 0. The molecule has 0 bridgehead atoms. The Bertz CT molecular complexity index is 213. The van der Waals surface area contributed by atoms with Gasteiger partial charge >= 0.3 is 0 Å². The number of rotatable bonds is 2. The Morgan fingerprint density at radius 1 is 1.18 bits per heavy atom. The van der Waals surface area contributed by atoms with Gasteiger partial charge in [-0.3, -0.25) is 0 Å². The van der Waals surface area contributed by atoms with Crippen molar-refractivity contribution in [3.05, 3.63) is 35.9 Å². The molecule has 0 aromatic heterocycles. The van der Waals surface area contributed by atoms with Crippen molar-refractivity contribution >= 4 is 10.3 Å². The molecule has 0 unspecified atom stereocenters.